The van der Waals surface area contributed by atoms with Crippen molar-refractivity contribution in [1.82, 2.24) is 14.8 Å². The van der Waals surface area contributed by atoms with Gasteiger partial charge >= 0.3 is 6.03 Å². The fraction of sp³-hybridized carbons (Fsp3) is 0.222. The Kier molecular flexibility index (Phi) is 5.98. The number of amides is 3. The smallest absolute Gasteiger partial charge is 0.322 e. The highest BCUT2D eigenvalue weighted by Crippen LogP contribution is 2.43. The number of fused-ring (bicyclic) bond motifs is 1. The Hall–Kier alpha value is -4.15. The molecule has 2 aromatic carbocycles. The van der Waals surface area contributed by atoms with Crippen molar-refractivity contribution in [2.75, 3.05) is 25.0 Å². The molecule has 1 aromatic heterocycles. The fourth-order valence-corrected chi connectivity index (χ4v) is 4.75. The van der Waals surface area contributed by atoms with Crippen molar-refractivity contribution in [2.24, 2.45) is 0 Å². The third kappa shape index (κ3) is 4.24. The standard InChI is InChI=1S/C27H24N4O3/c32-18-24-26(21-12-10-19(11-13-21)8-9-20-5-4-14-28-15-20)23-16-30(17-25(33)31(23)24)27(34)29-22-6-2-1-3-7-22/h1-7,10-15,23-24,26,32H,16-18H2,(H,29,34)/t23-,24-,26+/m0/s1. The van der Waals surface area contributed by atoms with E-state index in [0.29, 0.717) is 12.2 Å². The zero-order valence-electron chi connectivity index (χ0n) is 18.5. The number of carbonyl (C=O) groups excluding carboxylic acids is 2. The van der Waals surface area contributed by atoms with Crippen LogP contribution in [-0.2, 0) is 4.79 Å². The van der Waals surface area contributed by atoms with Gasteiger partial charge in [0.05, 0.1) is 18.7 Å². The van der Waals surface area contributed by atoms with Crippen LogP contribution in [0.1, 0.15) is 22.6 Å². The zero-order chi connectivity index (χ0) is 23.5. The first-order valence-corrected chi connectivity index (χ1v) is 11.2. The van der Waals surface area contributed by atoms with Gasteiger partial charge in [0.2, 0.25) is 5.91 Å². The fourth-order valence-electron chi connectivity index (χ4n) is 4.75. The number of anilines is 1. The number of benzene rings is 2. The molecule has 0 unspecified atom stereocenters. The van der Waals surface area contributed by atoms with Crippen molar-refractivity contribution >= 4 is 17.6 Å². The SMILES string of the molecule is O=C(Nc1ccccc1)N1CC(=O)N2[C@@H](CO)[C@H](c3ccc(C#Cc4cccnc4)cc3)[C@@H]2C1. The van der Waals surface area contributed by atoms with Gasteiger partial charge < -0.3 is 20.2 Å². The van der Waals surface area contributed by atoms with Crippen molar-refractivity contribution < 1.29 is 14.7 Å². The summed E-state index contributed by atoms with van der Waals surface area (Å²) in [6.45, 7) is 0.293. The number of para-hydroxylation sites is 1. The molecule has 3 aromatic rings. The van der Waals surface area contributed by atoms with E-state index in [9.17, 15) is 14.7 Å². The van der Waals surface area contributed by atoms with Gasteiger partial charge in [0.1, 0.15) is 6.54 Å². The first-order chi connectivity index (χ1) is 16.6. The second-order valence-corrected chi connectivity index (χ2v) is 8.43. The predicted molar refractivity (Wildman–Crippen MR) is 128 cm³/mol. The average molecular weight is 453 g/mol. The van der Waals surface area contributed by atoms with Gasteiger partial charge in [-0.25, -0.2) is 4.79 Å². The summed E-state index contributed by atoms with van der Waals surface area (Å²) in [6.07, 6.45) is 3.43. The molecule has 0 bridgehead atoms. The molecule has 2 N–H and O–H groups in total. The van der Waals surface area contributed by atoms with Gasteiger partial charge in [0.15, 0.2) is 0 Å². The molecule has 0 spiro atoms. The van der Waals surface area contributed by atoms with Crippen molar-refractivity contribution in [1.29, 1.82) is 0 Å². The van der Waals surface area contributed by atoms with Crippen LogP contribution < -0.4 is 5.32 Å². The quantitative estimate of drug-likeness (QED) is 0.599. The van der Waals surface area contributed by atoms with Gasteiger partial charge in [-0.1, -0.05) is 42.2 Å². The van der Waals surface area contributed by atoms with Crippen LogP contribution in [0.4, 0.5) is 10.5 Å². The maximum atomic E-state index is 12.8. The molecule has 3 atom stereocenters. The number of aliphatic hydroxyl groups is 1. The van der Waals surface area contributed by atoms with E-state index < -0.39 is 0 Å². The molecule has 0 saturated carbocycles. The van der Waals surface area contributed by atoms with Crippen molar-refractivity contribution in [2.45, 2.75) is 18.0 Å². The molecule has 3 heterocycles. The number of nitrogens with one attached hydrogen (secondary N) is 1. The number of aliphatic hydroxyl groups excluding tert-OH is 1. The summed E-state index contributed by atoms with van der Waals surface area (Å²) in [6, 6.07) is 20.0. The Labute approximate surface area is 198 Å². The topological polar surface area (TPSA) is 85.8 Å². The lowest BCUT2D eigenvalue weighted by atomic mass is 9.73. The molecule has 7 nitrogen and oxygen atoms in total. The van der Waals surface area contributed by atoms with Gasteiger partial charge in [0.25, 0.3) is 0 Å². The number of aromatic nitrogens is 1. The van der Waals surface area contributed by atoms with Gasteiger partial charge in [0, 0.05) is 41.7 Å². The third-order valence-electron chi connectivity index (χ3n) is 6.37. The molecule has 2 fully saturated rings. The van der Waals surface area contributed by atoms with Gasteiger partial charge in [-0.2, -0.15) is 0 Å². The van der Waals surface area contributed by atoms with Crippen LogP contribution >= 0.6 is 0 Å². The Morgan fingerprint density at radius 2 is 1.79 bits per heavy atom. The van der Waals surface area contributed by atoms with Crippen LogP contribution in [0.2, 0.25) is 0 Å². The monoisotopic (exact) mass is 452 g/mol. The molecule has 2 aliphatic rings. The highest BCUT2D eigenvalue weighted by Gasteiger charge is 2.54. The second-order valence-electron chi connectivity index (χ2n) is 8.43. The van der Waals surface area contributed by atoms with Crippen LogP contribution in [0.15, 0.2) is 79.1 Å². The van der Waals surface area contributed by atoms with Crippen molar-refractivity contribution in [3.05, 3.63) is 95.8 Å². The minimum absolute atomic E-state index is 0.00125. The van der Waals surface area contributed by atoms with Gasteiger partial charge in [-0.15, -0.1) is 0 Å². The van der Waals surface area contributed by atoms with Crippen molar-refractivity contribution in [3.63, 3.8) is 0 Å². The Bertz CT molecular complexity index is 1240. The normalized spacial score (nSPS) is 21.1. The maximum absolute atomic E-state index is 12.8. The number of pyridine rings is 1. The Balaban J connectivity index is 1.31. The number of nitrogens with zero attached hydrogens (tertiary/aromatic N) is 3. The Morgan fingerprint density at radius 1 is 1.03 bits per heavy atom. The van der Waals surface area contributed by atoms with Crippen LogP contribution in [0.5, 0.6) is 0 Å². The predicted octanol–water partition coefficient (Wildman–Crippen LogP) is 2.68. The van der Waals surface area contributed by atoms with E-state index in [1.54, 1.807) is 22.2 Å². The molecule has 2 saturated heterocycles. The molecule has 0 aliphatic carbocycles. The van der Waals surface area contributed by atoms with E-state index in [4.69, 9.17) is 0 Å². The maximum Gasteiger partial charge on any atom is 0.322 e. The number of hydrogen-bond acceptors (Lipinski definition) is 4. The second kappa shape index (κ2) is 9.38. The molecule has 0 radical (unpaired) electrons. The zero-order valence-corrected chi connectivity index (χ0v) is 18.5. The highest BCUT2D eigenvalue weighted by atomic mass is 16.3. The van der Waals surface area contributed by atoms with Crippen molar-refractivity contribution in [3.8, 4) is 11.8 Å². The molecule has 2 aliphatic heterocycles. The minimum atomic E-state index is -0.300. The average Bonchev–Trinajstić information content (AvgIpc) is 2.86. The summed E-state index contributed by atoms with van der Waals surface area (Å²) in [4.78, 5) is 32.9. The third-order valence-corrected chi connectivity index (χ3v) is 6.37. The molecule has 170 valence electrons. The number of rotatable bonds is 3. The molecule has 7 heteroatoms. The summed E-state index contributed by atoms with van der Waals surface area (Å²) in [7, 11) is 0. The minimum Gasteiger partial charge on any atom is -0.394 e. The molecular formula is C27H24N4O3. The van der Waals surface area contributed by atoms with Crippen LogP contribution in [-0.4, -0.2) is 63.6 Å². The lowest BCUT2D eigenvalue weighted by molar-refractivity contribution is -0.159. The number of piperazine rings is 1. The lowest BCUT2D eigenvalue weighted by Gasteiger charge is -2.58. The summed E-state index contributed by atoms with van der Waals surface area (Å²) < 4.78 is 0. The van der Waals surface area contributed by atoms with Gasteiger partial charge in [-0.05, 0) is 42.0 Å². The largest absolute Gasteiger partial charge is 0.394 e. The Morgan fingerprint density at radius 3 is 2.50 bits per heavy atom. The molecular weight excluding hydrogens is 428 g/mol. The van der Waals surface area contributed by atoms with E-state index in [1.807, 2.05) is 66.7 Å². The summed E-state index contributed by atoms with van der Waals surface area (Å²) >= 11 is 0. The molecule has 34 heavy (non-hydrogen) atoms. The first-order valence-electron chi connectivity index (χ1n) is 11.2. The van der Waals surface area contributed by atoms with E-state index in [-0.39, 0.29) is 43.1 Å². The van der Waals surface area contributed by atoms with E-state index >= 15 is 0 Å². The lowest BCUT2D eigenvalue weighted by Crippen LogP contribution is -2.73. The van der Waals surface area contributed by atoms with E-state index in [0.717, 1.165) is 16.7 Å². The molecule has 5 rings (SSSR count). The molecule has 3 amide bonds. The first kappa shape index (κ1) is 21.7. The van der Waals surface area contributed by atoms with Crippen LogP contribution in [0, 0.1) is 11.8 Å². The van der Waals surface area contributed by atoms with Gasteiger partial charge in [-0.3, -0.25) is 9.78 Å². The highest BCUT2D eigenvalue weighted by molar-refractivity contribution is 5.93. The summed E-state index contributed by atoms with van der Waals surface area (Å²) in [5.41, 5.74) is 3.41. The van der Waals surface area contributed by atoms with Crippen LogP contribution in [0.25, 0.3) is 0 Å². The number of hydrogen-bond donors (Lipinski definition) is 2. The summed E-state index contributed by atoms with van der Waals surface area (Å²) in [5, 5.41) is 12.8. The van der Waals surface area contributed by atoms with E-state index in [1.165, 1.54) is 0 Å². The number of carbonyl (C=O) groups is 2. The van der Waals surface area contributed by atoms with E-state index in [2.05, 4.69) is 22.1 Å². The summed E-state index contributed by atoms with van der Waals surface area (Å²) in [5.74, 6) is 6.02. The number of urea groups is 1. The van der Waals surface area contributed by atoms with Crippen LogP contribution in [0.3, 0.4) is 0 Å².